The number of ether oxygens (including phenoxy) is 1. The molecule has 0 atom stereocenters. The summed E-state index contributed by atoms with van der Waals surface area (Å²) >= 11 is 0. The van der Waals surface area contributed by atoms with Crippen molar-refractivity contribution in [1.82, 2.24) is 5.32 Å². The minimum absolute atomic E-state index is 0.246. The standard InChI is InChI=1S/C26H35BN2O4/c1-24(2,3)31-23(30)28-18-20(27-32-25(4,5)26(6,7)33-27)17-19-13-15-22(16-14-19)29-21-11-9-8-10-12-21/h8-17,29H,18H2,1-7H3,(H,28,30). The van der Waals surface area contributed by atoms with Gasteiger partial charge >= 0.3 is 13.2 Å². The van der Waals surface area contributed by atoms with E-state index in [0.29, 0.717) is 0 Å². The van der Waals surface area contributed by atoms with Crippen molar-refractivity contribution in [2.24, 2.45) is 0 Å². The van der Waals surface area contributed by atoms with E-state index in [0.717, 1.165) is 22.4 Å². The molecule has 1 aliphatic heterocycles. The number of para-hydroxylation sites is 1. The van der Waals surface area contributed by atoms with Crippen molar-refractivity contribution in [3.63, 3.8) is 0 Å². The van der Waals surface area contributed by atoms with Crippen LogP contribution >= 0.6 is 0 Å². The van der Waals surface area contributed by atoms with Crippen LogP contribution in [0.1, 0.15) is 54.0 Å². The summed E-state index contributed by atoms with van der Waals surface area (Å²) in [6, 6.07) is 18.1. The summed E-state index contributed by atoms with van der Waals surface area (Å²) in [6.45, 7) is 13.8. The van der Waals surface area contributed by atoms with E-state index in [9.17, 15) is 4.79 Å². The fourth-order valence-electron chi connectivity index (χ4n) is 3.25. The lowest BCUT2D eigenvalue weighted by Gasteiger charge is -2.32. The molecule has 176 valence electrons. The highest BCUT2D eigenvalue weighted by Crippen LogP contribution is 2.38. The van der Waals surface area contributed by atoms with E-state index in [1.54, 1.807) is 0 Å². The van der Waals surface area contributed by atoms with Crippen molar-refractivity contribution < 1.29 is 18.8 Å². The van der Waals surface area contributed by atoms with Crippen molar-refractivity contribution in [2.45, 2.75) is 65.3 Å². The van der Waals surface area contributed by atoms with Crippen molar-refractivity contribution in [2.75, 3.05) is 11.9 Å². The van der Waals surface area contributed by atoms with Gasteiger partial charge in [0.1, 0.15) is 5.60 Å². The highest BCUT2D eigenvalue weighted by molar-refractivity contribution is 6.56. The molecule has 3 rings (SSSR count). The van der Waals surface area contributed by atoms with Gasteiger partial charge in [-0.25, -0.2) is 4.79 Å². The molecule has 0 bridgehead atoms. The molecule has 0 spiro atoms. The summed E-state index contributed by atoms with van der Waals surface area (Å²) in [5, 5.41) is 6.21. The lowest BCUT2D eigenvalue weighted by atomic mass is 9.77. The molecule has 1 fully saturated rings. The Balaban J connectivity index is 1.78. The van der Waals surface area contributed by atoms with Crippen LogP contribution in [0.15, 0.2) is 60.1 Å². The van der Waals surface area contributed by atoms with Crippen LogP contribution in [0.2, 0.25) is 0 Å². The smallest absolute Gasteiger partial charge is 0.444 e. The molecule has 0 aliphatic carbocycles. The fraction of sp³-hybridized carbons (Fsp3) is 0.423. The third-order valence-electron chi connectivity index (χ3n) is 5.72. The summed E-state index contributed by atoms with van der Waals surface area (Å²) in [5.74, 6) is 0. The number of carbonyl (C=O) groups is 1. The normalized spacial score (nSPS) is 17.5. The summed E-state index contributed by atoms with van der Waals surface area (Å²) in [7, 11) is -0.577. The Morgan fingerprint density at radius 2 is 1.48 bits per heavy atom. The van der Waals surface area contributed by atoms with Crippen molar-refractivity contribution in [3.8, 4) is 0 Å². The molecule has 2 N–H and O–H groups in total. The first kappa shape index (κ1) is 24.9. The SMILES string of the molecule is CC(C)(C)OC(=O)NCC(=Cc1ccc(Nc2ccccc2)cc1)B1OC(C)(C)C(C)(C)O1. The highest BCUT2D eigenvalue weighted by atomic mass is 16.7. The summed E-state index contributed by atoms with van der Waals surface area (Å²) in [6.07, 6.45) is 1.51. The van der Waals surface area contributed by atoms with Gasteiger partial charge in [0, 0.05) is 17.9 Å². The number of hydrogen-bond donors (Lipinski definition) is 2. The molecule has 1 aliphatic rings. The van der Waals surface area contributed by atoms with Gasteiger partial charge in [-0.15, -0.1) is 0 Å². The van der Waals surface area contributed by atoms with Gasteiger partial charge in [-0.3, -0.25) is 0 Å². The first-order chi connectivity index (χ1) is 15.3. The molecule has 33 heavy (non-hydrogen) atoms. The Bertz CT molecular complexity index is 964. The molecule has 7 heteroatoms. The molecule has 2 aromatic carbocycles. The number of benzene rings is 2. The Morgan fingerprint density at radius 3 is 2.03 bits per heavy atom. The fourth-order valence-corrected chi connectivity index (χ4v) is 3.25. The number of amides is 1. The summed E-state index contributed by atoms with van der Waals surface area (Å²) in [5.41, 5.74) is 2.27. The van der Waals surface area contributed by atoms with Gasteiger partial charge in [0.25, 0.3) is 0 Å². The highest BCUT2D eigenvalue weighted by Gasteiger charge is 2.52. The third kappa shape index (κ3) is 6.86. The maximum atomic E-state index is 12.3. The van der Waals surface area contributed by atoms with Gasteiger partial charge in [-0.1, -0.05) is 36.4 Å². The quantitative estimate of drug-likeness (QED) is 0.531. The number of rotatable bonds is 6. The summed E-state index contributed by atoms with van der Waals surface area (Å²) < 4.78 is 17.9. The van der Waals surface area contributed by atoms with Crippen molar-refractivity contribution in [1.29, 1.82) is 0 Å². The van der Waals surface area contributed by atoms with Crippen LogP contribution in [0.4, 0.5) is 16.2 Å². The Morgan fingerprint density at radius 1 is 0.939 bits per heavy atom. The molecule has 1 saturated heterocycles. The second-order valence-electron chi connectivity index (χ2n) is 10.3. The Kier molecular flexibility index (Phi) is 7.25. The molecule has 2 aromatic rings. The van der Waals surface area contributed by atoms with Crippen LogP contribution in [0, 0.1) is 0 Å². The molecule has 0 radical (unpaired) electrons. The maximum absolute atomic E-state index is 12.3. The van der Waals surface area contributed by atoms with Gasteiger partial charge in [0.2, 0.25) is 0 Å². The van der Waals surface area contributed by atoms with E-state index in [4.69, 9.17) is 14.0 Å². The first-order valence-corrected chi connectivity index (χ1v) is 11.3. The Hall–Kier alpha value is -2.77. The molecule has 6 nitrogen and oxygen atoms in total. The number of nitrogens with one attached hydrogen (secondary N) is 2. The van der Waals surface area contributed by atoms with E-state index in [-0.39, 0.29) is 6.54 Å². The van der Waals surface area contributed by atoms with Crippen LogP contribution in [0.5, 0.6) is 0 Å². The number of hydrogen-bond acceptors (Lipinski definition) is 5. The average Bonchev–Trinajstić information content (AvgIpc) is 2.93. The van der Waals surface area contributed by atoms with Crippen molar-refractivity contribution >= 4 is 30.7 Å². The van der Waals surface area contributed by atoms with E-state index in [2.05, 4.69) is 10.6 Å². The molecule has 0 saturated carbocycles. The summed E-state index contributed by atoms with van der Waals surface area (Å²) in [4.78, 5) is 12.3. The lowest BCUT2D eigenvalue weighted by molar-refractivity contribution is 0.00578. The van der Waals surface area contributed by atoms with Gasteiger partial charge in [0.05, 0.1) is 11.2 Å². The largest absolute Gasteiger partial charge is 0.492 e. The van der Waals surface area contributed by atoms with E-state index in [1.165, 1.54) is 0 Å². The number of carbonyl (C=O) groups excluding carboxylic acids is 1. The minimum Gasteiger partial charge on any atom is -0.444 e. The van der Waals surface area contributed by atoms with Crippen LogP contribution < -0.4 is 10.6 Å². The monoisotopic (exact) mass is 450 g/mol. The molecule has 0 aromatic heterocycles. The van der Waals surface area contributed by atoms with Gasteiger partial charge in [-0.2, -0.15) is 0 Å². The molecular weight excluding hydrogens is 415 g/mol. The van der Waals surface area contributed by atoms with Gasteiger partial charge in [0.15, 0.2) is 0 Å². The van der Waals surface area contributed by atoms with Crippen LogP contribution in [0.3, 0.4) is 0 Å². The average molecular weight is 450 g/mol. The predicted molar refractivity (Wildman–Crippen MR) is 134 cm³/mol. The molecule has 1 heterocycles. The Labute approximate surface area is 197 Å². The lowest BCUT2D eigenvalue weighted by Crippen LogP contribution is -2.41. The maximum Gasteiger partial charge on any atom is 0.492 e. The van der Waals surface area contributed by atoms with Crippen LogP contribution in [-0.2, 0) is 14.0 Å². The number of anilines is 2. The molecular formula is C26H35BN2O4. The second kappa shape index (κ2) is 9.61. The number of alkyl carbamates (subject to hydrolysis) is 1. The first-order valence-electron chi connectivity index (χ1n) is 11.3. The van der Waals surface area contributed by atoms with Crippen LogP contribution in [0.25, 0.3) is 6.08 Å². The second-order valence-corrected chi connectivity index (χ2v) is 10.3. The van der Waals surface area contributed by atoms with Crippen molar-refractivity contribution in [3.05, 3.63) is 65.6 Å². The molecule has 0 unspecified atom stereocenters. The van der Waals surface area contributed by atoms with Gasteiger partial charge in [-0.05, 0) is 83.8 Å². The van der Waals surface area contributed by atoms with E-state index >= 15 is 0 Å². The minimum atomic E-state index is -0.577. The zero-order valence-electron chi connectivity index (χ0n) is 20.7. The predicted octanol–water partition coefficient (Wildman–Crippen LogP) is 5.97. The van der Waals surface area contributed by atoms with Gasteiger partial charge < -0.3 is 24.7 Å². The third-order valence-corrected chi connectivity index (χ3v) is 5.72. The van der Waals surface area contributed by atoms with E-state index < -0.39 is 30.0 Å². The topological polar surface area (TPSA) is 68.8 Å². The van der Waals surface area contributed by atoms with Crippen LogP contribution in [-0.4, -0.2) is 36.6 Å². The zero-order valence-corrected chi connectivity index (χ0v) is 20.7. The van der Waals surface area contributed by atoms with E-state index in [1.807, 2.05) is 109 Å². The molecule has 1 amide bonds. The zero-order chi connectivity index (χ0) is 24.3.